The predicted octanol–water partition coefficient (Wildman–Crippen LogP) is 7.55. The Morgan fingerprint density at radius 1 is 0.250 bits per heavy atom. The third-order valence-electron chi connectivity index (χ3n) is 13.5. The fourth-order valence-corrected chi connectivity index (χ4v) is 130. The highest BCUT2D eigenvalue weighted by Crippen LogP contribution is 2.73. The minimum atomic E-state index is -2.88. The van der Waals surface area contributed by atoms with Crippen LogP contribution in [0.1, 0.15) is 55.4 Å². The molecule has 0 atom stereocenters. The highest BCUT2D eigenvalue weighted by molar-refractivity contribution is 8.17. The molecule has 5 heterocycles. The highest BCUT2D eigenvalue weighted by atomic mass is 30.2. The summed E-state index contributed by atoms with van der Waals surface area (Å²) in [6.45, 7) is 28.1. The van der Waals surface area contributed by atoms with Gasteiger partial charge in [0.2, 0.25) is 0 Å². The molecule has 8 nitrogen and oxygen atoms in total. The van der Waals surface area contributed by atoms with Gasteiger partial charge in [-0.15, -0.1) is 0 Å². The van der Waals surface area contributed by atoms with E-state index in [4.69, 9.17) is 0 Å². The minimum absolute atomic E-state index is 1.02. The summed E-state index contributed by atoms with van der Waals surface area (Å²) < 4.78 is 25.2. The first kappa shape index (κ1) is 33.9. The molecule has 272 valence electrons. The summed E-state index contributed by atoms with van der Waals surface area (Å²) in [7, 11) is -11.5. The molecule has 52 heavy (non-hydrogen) atoms. The van der Waals surface area contributed by atoms with Crippen LogP contribution in [0.2, 0.25) is 0 Å². The number of benzene rings is 4. The van der Waals surface area contributed by atoms with Crippen molar-refractivity contribution in [2.75, 3.05) is 88.9 Å². The van der Waals surface area contributed by atoms with E-state index < -0.39 is 29.7 Å². The van der Waals surface area contributed by atoms with Crippen LogP contribution in [0.3, 0.4) is 0 Å². The Morgan fingerprint density at radius 2 is 0.365 bits per heavy atom. The van der Waals surface area contributed by atoms with Crippen LogP contribution in [0, 0.1) is 0 Å². The van der Waals surface area contributed by atoms with Crippen LogP contribution in [0.5, 0.6) is 0 Å². The Labute approximate surface area is 315 Å². The van der Waals surface area contributed by atoms with E-state index in [1.807, 2.05) is 0 Å². The Hall–Kier alpha value is -3.85. The van der Waals surface area contributed by atoms with Crippen LogP contribution < -0.4 is 36.5 Å². The van der Waals surface area contributed by atoms with Gasteiger partial charge in [0.1, 0.15) is 0 Å². The van der Waals surface area contributed by atoms with Crippen molar-refractivity contribution >= 4 is 75.2 Å². The third kappa shape index (κ3) is 3.17. The van der Waals surface area contributed by atoms with Gasteiger partial charge in [-0.3, -0.25) is 0 Å². The summed E-state index contributed by atoms with van der Waals surface area (Å²) in [4.78, 5) is 0. The van der Waals surface area contributed by atoms with Crippen LogP contribution >= 0.6 is 0 Å². The lowest BCUT2D eigenvalue weighted by atomic mass is 10.2. The molecule has 1 saturated heterocycles. The highest BCUT2D eigenvalue weighted by Gasteiger charge is 3.11. The van der Waals surface area contributed by atoms with E-state index in [1.165, 1.54) is 45.5 Å². The van der Waals surface area contributed by atoms with Crippen LogP contribution in [-0.2, 0) is 0 Å². The van der Waals surface area contributed by atoms with Gasteiger partial charge in [0, 0.05) is 52.4 Å². The maximum absolute atomic E-state index is 3.15. The first-order valence-electron chi connectivity index (χ1n) is 20.1. The normalized spacial score (nSPS) is 20.5. The molecule has 4 spiro atoms. The van der Waals surface area contributed by atoms with E-state index in [2.05, 4.69) is 189 Å². The zero-order valence-corrected chi connectivity index (χ0v) is 36.5. The van der Waals surface area contributed by atoms with Gasteiger partial charge in [-0.2, -0.15) is 0 Å². The lowest BCUT2D eigenvalue weighted by Crippen LogP contribution is -3.27. The van der Waals surface area contributed by atoms with Gasteiger partial charge in [-0.25, -0.2) is 0 Å². The SMILES string of the molecule is CCN1c2ccccc2N(CC)[Si]12[Si]1(N(CC)c3ccccc3N1CC)[Si]1(N(CC)c3ccccc3N1CC)[Si]21N(CC)c2ccccc2N1CC. The van der Waals surface area contributed by atoms with Gasteiger partial charge in [0.15, 0.2) is 0 Å². The van der Waals surface area contributed by atoms with E-state index in [0.29, 0.717) is 0 Å². The molecule has 0 aromatic heterocycles. The van der Waals surface area contributed by atoms with Gasteiger partial charge in [-0.1, -0.05) is 48.5 Å². The molecule has 5 aliphatic heterocycles. The van der Waals surface area contributed by atoms with E-state index in [-0.39, 0.29) is 0 Å². The number of anilines is 8. The summed E-state index contributed by atoms with van der Waals surface area (Å²) in [5, 5.41) is 0. The van der Waals surface area contributed by atoms with Crippen molar-refractivity contribution in [1.29, 1.82) is 0 Å². The second-order valence-corrected chi connectivity index (χ2v) is 47.0. The van der Waals surface area contributed by atoms with Crippen LogP contribution in [0.25, 0.3) is 0 Å². The molecule has 0 aliphatic carbocycles. The number of nitrogens with zero attached hydrogens (tertiary/aromatic N) is 8. The molecule has 12 heteroatoms. The van der Waals surface area contributed by atoms with Crippen molar-refractivity contribution in [1.82, 2.24) is 0 Å². The number of hydrogen-bond donors (Lipinski definition) is 0. The van der Waals surface area contributed by atoms with Crippen LogP contribution in [-0.4, -0.2) is 82.1 Å². The molecule has 0 saturated carbocycles. The fourth-order valence-electron chi connectivity index (χ4n) is 12.8. The first-order valence-corrected chi connectivity index (χ1v) is 31.7. The summed E-state index contributed by atoms with van der Waals surface area (Å²) in [5.74, 6) is 0. The Balaban J connectivity index is 1.57. The van der Waals surface area contributed by atoms with Crippen LogP contribution in [0.15, 0.2) is 97.1 Å². The van der Waals surface area contributed by atoms with Gasteiger partial charge >= 0.3 is 29.7 Å². The Kier molecular flexibility index (Phi) is 7.72. The molecule has 0 amide bonds. The van der Waals surface area contributed by atoms with Gasteiger partial charge < -0.3 is 36.5 Å². The molecule has 4 aromatic carbocycles. The molecule has 0 radical (unpaired) electrons. The molecule has 5 aliphatic rings. The molecule has 9 rings (SSSR count). The van der Waals surface area contributed by atoms with Crippen molar-refractivity contribution in [2.24, 2.45) is 0 Å². The first-order chi connectivity index (χ1) is 25.5. The molecule has 0 bridgehead atoms. The second kappa shape index (κ2) is 11.8. The predicted molar refractivity (Wildman–Crippen MR) is 233 cm³/mol. The molecular formula is C40H56N8Si4. The van der Waals surface area contributed by atoms with E-state index in [9.17, 15) is 0 Å². The second-order valence-electron chi connectivity index (χ2n) is 14.6. The van der Waals surface area contributed by atoms with E-state index in [0.717, 1.165) is 52.4 Å². The summed E-state index contributed by atoms with van der Waals surface area (Å²) in [6, 6.07) is 38.4. The maximum atomic E-state index is 3.15. The quantitative estimate of drug-likeness (QED) is 0.170. The zero-order valence-electron chi connectivity index (χ0n) is 32.5. The summed E-state index contributed by atoms with van der Waals surface area (Å²) in [6.07, 6.45) is 0. The monoisotopic (exact) mass is 760 g/mol. The average Bonchev–Trinajstić information content (AvgIpc) is 3.88. The smallest absolute Gasteiger partial charge is 0.332 e. The van der Waals surface area contributed by atoms with E-state index >= 15 is 0 Å². The Bertz CT molecular complexity index is 1600. The topological polar surface area (TPSA) is 25.9 Å². The molecule has 0 unspecified atom stereocenters. The number of hydrogen-bond acceptors (Lipinski definition) is 8. The molecular weight excluding hydrogens is 705 g/mol. The van der Waals surface area contributed by atoms with E-state index in [1.54, 1.807) is 0 Å². The van der Waals surface area contributed by atoms with Gasteiger partial charge in [-0.05, 0) is 104 Å². The number of fused-ring (bicyclic) bond motifs is 8. The lowest BCUT2D eigenvalue weighted by molar-refractivity contribution is 0.958. The standard InChI is InChI=1S/C40H56N8Si4/c1-9-41-33-25-17-18-26-34(33)42(10-2)49(41)50(43(11-3)35-27-19-20-28-36(35)44(50)12-4)52(47(15-7)39-31-23-24-32-40(39)48(52)16-8)51(49)45(13-5)37-29-21-22-30-38(37)46(51)14-6/h17-32H,9-16H2,1-8H3. The van der Waals surface area contributed by atoms with Crippen molar-refractivity contribution in [2.45, 2.75) is 55.4 Å². The Morgan fingerprint density at radius 3 is 0.462 bits per heavy atom. The fraction of sp³-hybridized carbons (Fsp3) is 0.400. The lowest BCUT2D eigenvalue weighted by Gasteiger charge is -2.81. The number of para-hydroxylation sites is 8. The van der Waals surface area contributed by atoms with Crippen molar-refractivity contribution < 1.29 is 0 Å². The molecule has 4 aromatic rings. The summed E-state index contributed by atoms with van der Waals surface area (Å²) in [5.41, 5.74) is 11.8. The third-order valence-corrected chi connectivity index (χ3v) is 86.8. The van der Waals surface area contributed by atoms with Crippen molar-refractivity contribution in [3.63, 3.8) is 0 Å². The van der Waals surface area contributed by atoms with Crippen LogP contribution in [0.4, 0.5) is 45.5 Å². The number of rotatable bonds is 8. The van der Waals surface area contributed by atoms with Gasteiger partial charge in [0.05, 0.1) is 45.5 Å². The van der Waals surface area contributed by atoms with Crippen molar-refractivity contribution in [3.8, 4) is 0 Å². The molecule has 0 N–H and O–H groups in total. The maximum Gasteiger partial charge on any atom is 0.332 e. The zero-order chi connectivity index (χ0) is 36.2. The molecule has 1 fully saturated rings. The summed E-state index contributed by atoms with van der Waals surface area (Å²) >= 11 is 0. The largest absolute Gasteiger partial charge is 0.379 e. The average molecular weight is 761 g/mol. The van der Waals surface area contributed by atoms with Crippen molar-refractivity contribution in [3.05, 3.63) is 97.1 Å². The van der Waals surface area contributed by atoms with Gasteiger partial charge in [0.25, 0.3) is 0 Å². The minimum Gasteiger partial charge on any atom is -0.379 e.